The van der Waals surface area contributed by atoms with Crippen LogP contribution in [0.2, 0.25) is 0 Å². The molecule has 9 heteroatoms. The summed E-state index contributed by atoms with van der Waals surface area (Å²) >= 11 is 1.00. The van der Waals surface area contributed by atoms with Gasteiger partial charge < -0.3 is 10.1 Å². The van der Waals surface area contributed by atoms with Crippen molar-refractivity contribution in [2.45, 2.75) is 38.0 Å². The van der Waals surface area contributed by atoms with E-state index in [1.54, 1.807) is 5.38 Å². The molecule has 0 unspecified atom stereocenters. The van der Waals surface area contributed by atoms with Gasteiger partial charge in [-0.25, -0.2) is 13.2 Å². The molecule has 1 N–H and O–H groups in total. The van der Waals surface area contributed by atoms with Crippen molar-refractivity contribution in [1.82, 2.24) is 9.62 Å². The summed E-state index contributed by atoms with van der Waals surface area (Å²) in [5, 5.41) is 4.21. The quantitative estimate of drug-likeness (QED) is 0.686. The van der Waals surface area contributed by atoms with Gasteiger partial charge in [-0.15, -0.1) is 11.3 Å². The lowest BCUT2D eigenvalue weighted by Crippen LogP contribution is -2.31. The van der Waals surface area contributed by atoms with Gasteiger partial charge in [0, 0.05) is 19.6 Å². The van der Waals surface area contributed by atoms with Crippen LogP contribution in [0.5, 0.6) is 0 Å². The molecule has 1 saturated heterocycles. The minimum atomic E-state index is -3.69. The molecule has 1 fully saturated rings. The standard InChI is InChI=1S/C16H24N2O5S2/c1-12(2)5-7-17-14(19)11-23-16(20)15-13(6-10-24-15)25(21,22)18-8-3-4-9-18/h6,10,12H,3-5,7-9,11H2,1-2H3,(H,17,19). The molecule has 0 spiro atoms. The molecule has 1 aromatic rings. The van der Waals surface area contributed by atoms with E-state index in [2.05, 4.69) is 5.32 Å². The summed E-state index contributed by atoms with van der Waals surface area (Å²) in [6.07, 6.45) is 2.47. The lowest BCUT2D eigenvalue weighted by molar-refractivity contribution is -0.124. The lowest BCUT2D eigenvalue weighted by Gasteiger charge is -2.15. The first kappa shape index (κ1) is 19.9. The van der Waals surface area contributed by atoms with Crippen molar-refractivity contribution in [1.29, 1.82) is 0 Å². The summed E-state index contributed by atoms with van der Waals surface area (Å²) in [6, 6.07) is 1.41. The molecule has 140 valence electrons. The van der Waals surface area contributed by atoms with Gasteiger partial charge >= 0.3 is 5.97 Å². The average molecular weight is 389 g/mol. The molecule has 0 aliphatic carbocycles. The van der Waals surface area contributed by atoms with Crippen LogP contribution in [0.15, 0.2) is 16.3 Å². The number of amides is 1. The Kier molecular flexibility index (Phi) is 6.97. The second-order valence-electron chi connectivity index (χ2n) is 6.33. The fourth-order valence-electron chi connectivity index (χ4n) is 2.46. The number of nitrogens with zero attached hydrogens (tertiary/aromatic N) is 1. The summed E-state index contributed by atoms with van der Waals surface area (Å²) < 4.78 is 31.6. The number of hydrogen-bond acceptors (Lipinski definition) is 6. The number of nitrogens with one attached hydrogen (secondary N) is 1. The van der Waals surface area contributed by atoms with Gasteiger partial charge in [0.25, 0.3) is 5.91 Å². The Hall–Kier alpha value is -1.45. The highest BCUT2D eigenvalue weighted by Crippen LogP contribution is 2.28. The van der Waals surface area contributed by atoms with Crippen molar-refractivity contribution in [2.24, 2.45) is 5.92 Å². The van der Waals surface area contributed by atoms with Gasteiger partial charge in [-0.1, -0.05) is 13.8 Å². The van der Waals surface area contributed by atoms with Gasteiger partial charge in [0.1, 0.15) is 9.77 Å². The molecule has 0 radical (unpaired) electrons. The number of carbonyl (C=O) groups is 2. The van der Waals surface area contributed by atoms with Crippen LogP contribution < -0.4 is 5.32 Å². The Labute approximate surface area is 152 Å². The normalized spacial score (nSPS) is 15.5. The molecule has 25 heavy (non-hydrogen) atoms. The van der Waals surface area contributed by atoms with E-state index in [0.717, 1.165) is 30.6 Å². The molecule has 1 aromatic heterocycles. The van der Waals surface area contributed by atoms with Crippen molar-refractivity contribution in [2.75, 3.05) is 26.2 Å². The van der Waals surface area contributed by atoms with Gasteiger partial charge in [-0.05, 0) is 36.6 Å². The first-order valence-corrected chi connectivity index (χ1v) is 10.7. The van der Waals surface area contributed by atoms with E-state index in [1.165, 1.54) is 10.4 Å². The second kappa shape index (κ2) is 8.77. The SMILES string of the molecule is CC(C)CCNC(=O)COC(=O)c1sccc1S(=O)(=O)N1CCCC1. The third kappa shape index (κ3) is 5.26. The molecule has 1 amide bonds. The largest absolute Gasteiger partial charge is 0.451 e. The number of rotatable bonds is 8. The molecule has 7 nitrogen and oxygen atoms in total. The van der Waals surface area contributed by atoms with Gasteiger partial charge in [0.2, 0.25) is 10.0 Å². The molecule has 1 aliphatic heterocycles. The fraction of sp³-hybridized carbons (Fsp3) is 0.625. The second-order valence-corrected chi connectivity index (χ2v) is 9.16. The number of hydrogen-bond donors (Lipinski definition) is 1. The van der Waals surface area contributed by atoms with Crippen LogP contribution >= 0.6 is 11.3 Å². The Morgan fingerprint density at radius 2 is 2.00 bits per heavy atom. The first-order valence-electron chi connectivity index (χ1n) is 8.34. The smallest absolute Gasteiger partial charge is 0.350 e. The summed E-state index contributed by atoms with van der Waals surface area (Å²) in [7, 11) is -3.69. The van der Waals surface area contributed by atoms with Crippen molar-refractivity contribution >= 4 is 33.2 Å². The fourth-order valence-corrected chi connectivity index (χ4v) is 5.27. The zero-order valence-corrected chi connectivity index (χ0v) is 16.1. The molecule has 1 aliphatic rings. The number of ether oxygens (including phenoxy) is 1. The van der Waals surface area contributed by atoms with E-state index in [9.17, 15) is 18.0 Å². The summed E-state index contributed by atoms with van der Waals surface area (Å²) in [4.78, 5) is 23.9. The van der Waals surface area contributed by atoms with Crippen LogP contribution in [0.1, 0.15) is 42.8 Å². The predicted octanol–water partition coefficient (Wildman–Crippen LogP) is 1.85. The highest BCUT2D eigenvalue weighted by Gasteiger charge is 2.32. The van der Waals surface area contributed by atoms with Crippen LogP contribution in [0, 0.1) is 5.92 Å². The van der Waals surface area contributed by atoms with E-state index in [1.807, 2.05) is 13.8 Å². The highest BCUT2D eigenvalue weighted by molar-refractivity contribution is 7.89. The lowest BCUT2D eigenvalue weighted by atomic mass is 10.1. The minimum absolute atomic E-state index is 0.0156. The van der Waals surface area contributed by atoms with Gasteiger partial charge in [0.15, 0.2) is 6.61 Å². The Bertz CT molecular complexity index is 706. The van der Waals surface area contributed by atoms with E-state index in [-0.39, 0.29) is 9.77 Å². The highest BCUT2D eigenvalue weighted by atomic mass is 32.2. The van der Waals surface area contributed by atoms with E-state index < -0.39 is 28.5 Å². The maximum atomic E-state index is 12.6. The Morgan fingerprint density at radius 1 is 1.32 bits per heavy atom. The third-order valence-corrected chi connectivity index (χ3v) is 6.84. The van der Waals surface area contributed by atoms with Crippen molar-refractivity contribution in [3.8, 4) is 0 Å². The van der Waals surface area contributed by atoms with Gasteiger partial charge in [-0.2, -0.15) is 4.31 Å². The maximum Gasteiger partial charge on any atom is 0.350 e. The molecule has 2 rings (SSSR count). The van der Waals surface area contributed by atoms with Crippen LogP contribution in [0.3, 0.4) is 0 Å². The molecular formula is C16H24N2O5S2. The summed E-state index contributed by atoms with van der Waals surface area (Å²) in [5.41, 5.74) is 0. The zero-order valence-electron chi connectivity index (χ0n) is 14.5. The third-order valence-electron chi connectivity index (χ3n) is 3.88. The first-order chi connectivity index (χ1) is 11.8. The van der Waals surface area contributed by atoms with Crippen molar-refractivity contribution < 1.29 is 22.7 Å². The van der Waals surface area contributed by atoms with Gasteiger partial charge in [-0.3, -0.25) is 4.79 Å². The van der Waals surface area contributed by atoms with Crippen LogP contribution in [0.25, 0.3) is 0 Å². The number of carbonyl (C=O) groups excluding carboxylic acids is 2. The van der Waals surface area contributed by atoms with Crippen LogP contribution in [-0.2, 0) is 19.6 Å². The zero-order chi connectivity index (χ0) is 18.4. The molecular weight excluding hydrogens is 364 g/mol. The van der Waals surface area contributed by atoms with E-state index in [0.29, 0.717) is 25.6 Å². The monoisotopic (exact) mass is 388 g/mol. The average Bonchev–Trinajstić information content (AvgIpc) is 3.23. The van der Waals surface area contributed by atoms with E-state index in [4.69, 9.17) is 4.74 Å². The van der Waals surface area contributed by atoms with Crippen molar-refractivity contribution in [3.05, 3.63) is 16.3 Å². The molecule has 0 bridgehead atoms. The summed E-state index contributed by atoms with van der Waals surface area (Å²) in [5.74, 6) is -0.714. The molecule has 0 saturated carbocycles. The van der Waals surface area contributed by atoms with Crippen molar-refractivity contribution in [3.63, 3.8) is 0 Å². The molecule has 0 atom stereocenters. The van der Waals surface area contributed by atoms with Crippen LogP contribution in [-0.4, -0.2) is 50.8 Å². The van der Waals surface area contributed by atoms with Crippen LogP contribution in [0.4, 0.5) is 0 Å². The molecule has 0 aromatic carbocycles. The minimum Gasteiger partial charge on any atom is -0.451 e. The maximum absolute atomic E-state index is 12.6. The predicted molar refractivity (Wildman–Crippen MR) is 95.1 cm³/mol. The molecule has 2 heterocycles. The van der Waals surface area contributed by atoms with E-state index >= 15 is 0 Å². The topological polar surface area (TPSA) is 92.8 Å². The Balaban J connectivity index is 1.95. The van der Waals surface area contributed by atoms with Gasteiger partial charge in [0.05, 0.1) is 0 Å². The number of esters is 1. The Morgan fingerprint density at radius 3 is 2.64 bits per heavy atom. The summed E-state index contributed by atoms with van der Waals surface area (Å²) in [6.45, 7) is 5.12. The number of sulfonamides is 1. The number of thiophene rings is 1.